The molecule has 1 aliphatic heterocycles. The van der Waals surface area contributed by atoms with Crippen molar-refractivity contribution < 1.29 is 14.7 Å². The number of carboxylic acids is 1. The molecule has 0 unspecified atom stereocenters. The number of carbonyl (C=O) groups excluding carboxylic acids is 1. The zero-order valence-corrected chi connectivity index (χ0v) is 10.8. The summed E-state index contributed by atoms with van der Waals surface area (Å²) >= 11 is 3.16. The van der Waals surface area contributed by atoms with Gasteiger partial charge in [0, 0.05) is 19.0 Å². The Labute approximate surface area is 108 Å². The maximum atomic E-state index is 11.7. The largest absolute Gasteiger partial charge is 0.481 e. The highest BCUT2D eigenvalue weighted by atomic mass is 32.2. The lowest BCUT2D eigenvalue weighted by atomic mass is 9.96. The van der Waals surface area contributed by atoms with Crippen LogP contribution in [0.15, 0.2) is 21.7 Å². The second kappa shape index (κ2) is 5.55. The number of amides is 1. The SMILES string of the molecule is O=C(O)CC1CN(C(=O)CSc2cccs2)C1. The predicted octanol–water partition coefficient (Wildman–Crippen LogP) is 1.77. The highest BCUT2D eigenvalue weighted by molar-refractivity contribution is 8.01. The third-order valence-electron chi connectivity index (χ3n) is 2.61. The number of carbonyl (C=O) groups is 2. The molecule has 1 aliphatic rings. The van der Waals surface area contributed by atoms with Crippen LogP contribution in [0, 0.1) is 5.92 Å². The van der Waals surface area contributed by atoms with E-state index in [2.05, 4.69) is 0 Å². The second-order valence-corrected chi connectivity index (χ2v) is 6.21. The third-order valence-corrected chi connectivity index (χ3v) is 4.72. The third kappa shape index (κ3) is 3.47. The molecule has 0 saturated carbocycles. The predicted molar refractivity (Wildman–Crippen MR) is 67.4 cm³/mol. The molecule has 1 amide bonds. The van der Waals surface area contributed by atoms with Gasteiger partial charge in [0.2, 0.25) is 5.91 Å². The first-order chi connectivity index (χ1) is 8.15. The molecule has 0 atom stereocenters. The van der Waals surface area contributed by atoms with E-state index >= 15 is 0 Å². The molecule has 0 aromatic carbocycles. The monoisotopic (exact) mass is 271 g/mol. The van der Waals surface area contributed by atoms with Crippen LogP contribution in [0.2, 0.25) is 0 Å². The van der Waals surface area contributed by atoms with Gasteiger partial charge in [-0.15, -0.1) is 23.1 Å². The van der Waals surface area contributed by atoms with Crippen LogP contribution >= 0.6 is 23.1 Å². The molecule has 92 valence electrons. The van der Waals surface area contributed by atoms with Crippen LogP contribution in [0.5, 0.6) is 0 Å². The Hall–Kier alpha value is -1.01. The fourth-order valence-corrected chi connectivity index (χ4v) is 3.41. The van der Waals surface area contributed by atoms with Crippen molar-refractivity contribution in [1.82, 2.24) is 4.90 Å². The molecular formula is C11H13NO3S2. The topological polar surface area (TPSA) is 57.6 Å². The van der Waals surface area contributed by atoms with Crippen molar-refractivity contribution in [2.45, 2.75) is 10.6 Å². The van der Waals surface area contributed by atoms with Crippen LogP contribution < -0.4 is 0 Å². The Kier molecular flexibility index (Phi) is 4.06. The highest BCUT2D eigenvalue weighted by Gasteiger charge is 2.31. The zero-order chi connectivity index (χ0) is 12.3. The maximum Gasteiger partial charge on any atom is 0.303 e. The fraction of sp³-hybridized carbons (Fsp3) is 0.455. The molecule has 4 nitrogen and oxygen atoms in total. The normalized spacial score (nSPS) is 15.6. The summed E-state index contributed by atoms with van der Waals surface area (Å²) in [6.45, 7) is 1.19. The smallest absolute Gasteiger partial charge is 0.303 e. The van der Waals surface area contributed by atoms with Gasteiger partial charge in [0.15, 0.2) is 0 Å². The van der Waals surface area contributed by atoms with E-state index in [1.54, 1.807) is 16.2 Å². The van der Waals surface area contributed by atoms with Crippen molar-refractivity contribution in [3.05, 3.63) is 17.5 Å². The number of aliphatic carboxylic acids is 1. The summed E-state index contributed by atoms with van der Waals surface area (Å²) in [5.41, 5.74) is 0. The van der Waals surface area contributed by atoms with Gasteiger partial charge in [-0.25, -0.2) is 0 Å². The first-order valence-corrected chi connectivity index (χ1v) is 7.17. The van der Waals surface area contributed by atoms with Gasteiger partial charge in [-0.1, -0.05) is 6.07 Å². The number of hydrogen-bond donors (Lipinski definition) is 1. The number of hydrogen-bond acceptors (Lipinski definition) is 4. The molecule has 6 heteroatoms. The van der Waals surface area contributed by atoms with E-state index < -0.39 is 5.97 Å². The van der Waals surface area contributed by atoms with E-state index in [9.17, 15) is 9.59 Å². The van der Waals surface area contributed by atoms with Gasteiger partial charge in [0.25, 0.3) is 0 Å². The van der Waals surface area contributed by atoms with Crippen LogP contribution in [0.25, 0.3) is 0 Å². The average Bonchev–Trinajstić information content (AvgIpc) is 2.71. The molecule has 1 saturated heterocycles. The van der Waals surface area contributed by atoms with Crippen LogP contribution in [0.1, 0.15) is 6.42 Å². The lowest BCUT2D eigenvalue weighted by Crippen LogP contribution is -2.51. The Morgan fingerprint density at radius 1 is 1.53 bits per heavy atom. The van der Waals surface area contributed by atoms with Gasteiger partial charge in [0.05, 0.1) is 16.4 Å². The van der Waals surface area contributed by atoms with Crippen LogP contribution in [-0.4, -0.2) is 40.7 Å². The summed E-state index contributed by atoms with van der Waals surface area (Å²) in [7, 11) is 0. The molecule has 1 fully saturated rings. The van der Waals surface area contributed by atoms with Gasteiger partial charge >= 0.3 is 5.97 Å². The van der Waals surface area contributed by atoms with Gasteiger partial charge in [-0.3, -0.25) is 9.59 Å². The van der Waals surface area contributed by atoms with E-state index in [1.165, 1.54) is 11.8 Å². The summed E-state index contributed by atoms with van der Waals surface area (Å²) < 4.78 is 1.14. The van der Waals surface area contributed by atoms with Gasteiger partial charge in [-0.2, -0.15) is 0 Å². The minimum atomic E-state index is -0.782. The molecule has 1 N–H and O–H groups in total. The number of carboxylic acid groups (broad SMARTS) is 1. The van der Waals surface area contributed by atoms with Crippen molar-refractivity contribution in [3.8, 4) is 0 Å². The van der Waals surface area contributed by atoms with Crippen molar-refractivity contribution in [2.24, 2.45) is 5.92 Å². The quantitative estimate of drug-likeness (QED) is 0.829. The number of thiophene rings is 1. The molecule has 2 heterocycles. The van der Waals surface area contributed by atoms with Gasteiger partial charge in [-0.05, 0) is 11.4 Å². The van der Waals surface area contributed by atoms with Crippen molar-refractivity contribution >= 4 is 35.0 Å². The molecule has 1 aromatic rings. The van der Waals surface area contributed by atoms with Gasteiger partial charge < -0.3 is 10.0 Å². The molecule has 0 bridgehead atoms. The van der Waals surface area contributed by atoms with E-state index in [1.807, 2.05) is 17.5 Å². The molecular weight excluding hydrogens is 258 g/mol. The Morgan fingerprint density at radius 2 is 2.29 bits per heavy atom. The highest BCUT2D eigenvalue weighted by Crippen LogP contribution is 2.25. The summed E-state index contributed by atoms with van der Waals surface area (Å²) in [4.78, 5) is 23.9. The van der Waals surface area contributed by atoms with Gasteiger partial charge in [0.1, 0.15) is 0 Å². The first-order valence-electron chi connectivity index (χ1n) is 5.31. The van der Waals surface area contributed by atoms with Crippen LogP contribution in [0.4, 0.5) is 0 Å². The number of likely N-dealkylation sites (tertiary alicyclic amines) is 1. The molecule has 0 radical (unpaired) electrons. The van der Waals surface area contributed by atoms with E-state index in [-0.39, 0.29) is 18.2 Å². The summed E-state index contributed by atoms with van der Waals surface area (Å²) in [6.07, 6.45) is 0.168. The van der Waals surface area contributed by atoms with E-state index in [4.69, 9.17) is 5.11 Å². The lowest BCUT2D eigenvalue weighted by Gasteiger charge is -2.38. The standard InChI is InChI=1S/C11H13NO3S2/c13-9(7-17-11-2-1-3-16-11)12-5-8(6-12)4-10(14)15/h1-3,8H,4-7H2,(H,14,15). The Morgan fingerprint density at radius 3 is 2.88 bits per heavy atom. The van der Waals surface area contributed by atoms with E-state index in [0.717, 1.165) is 4.21 Å². The van der Waals surface area contributed by atoms with Crippen molar-refractivity contribution in [1.29, 1.82) is 0 Å². The number of rotatable bonds is 5. The van der Waals surface area contributed by atoms with Crippen molar-refractivity contribution in [3.63, 3.8) is 0 Å². The average molecular weight is 271 g/mol. The lowest BCUT2D eigenvalue weighted by molar-refractivity contribution is -0.143. The first kappa shape index (κ1) is 12.4. The van der Waals surface area contributed by atoms with Crippen LogP contribution in [0.3, 0.4) is 0 Å². The molecule has 17 heavy (non-hydrogen) atoms. The number of nitrogens with zero attached hydrogens (tertiary/aromatic N) is 1. The minimum absolute atomic E-state index is 0.102. The van der Waals surface area contributed by atoms with E-state index in [0.29, 0.717) is 18.8 Å². The Bertz CT molecular complexity index is 399. The maximum absolute atomic E-state index is 11.7. The summed E-state index contributed by atoms with van der Waals surface area (Å²) in [6, 6.07) is 3.95. The number of thioether (sulfide) groups is 1. The summed E-state index contributed by atoms with van der Waals surface area (Å²) in [5, 5.41) is 10.6. The fourth-order valence-electron chi connectivity index (χ4n) is 1.72. The van der Waals surface area contributed by atoms with Crippen LogP contribution in [-0.2, 0) is 9.59 Å². The second-order valence-electron chi connectivity index (χ2n) is 3.98. The molecule has 0 aliphatic carbocycles. The van der Waals surface area contributed by atoms with Crippen molar-refractivity contribution in [2.75, 3.05) is 18.8 Å². The zero-order valence-electron chi connectivity index (χ0n) is 9.17. The molecule has 0 spiro atoms. The minimum Gasteiger partial charge on any atom is -0.481 e. The molecule has 2 rings (SSSR count). The molecule has 1 aromatic heterocycles. The summed E-state index contributed by atoms with van der Waals surface area (Å²) in [5.74, 6) is -0.0939. The Balaban J connectivity index is 1.67.